The van der Waals surface area contributed by atoms with Crippen LogP contribution in [0.3, 0.4) is 0 Å². The second kappa shape index (κ2) is 5.95. The maximum absolute atomic E-state index is 6.11. The molecule has 2 N–H and O–H groups in total. The zero-order valence-corrected chi connectivity index (χ0v) is 12.2. The average molecular weight is 276 g/mol. The van der Waals surface area contributed by atoms with E-state index in [1.54, 1.807) is 0 Å². The molecule has 2 atom stereocenters. The van der Waals surface area contributed by atoms with Gasteiger partial charge in [-0.3, -0.25) is 9.67 Å². The molecular weight excluding hydrogens is 252 g/mol. The molecule has 1 aromatic heterocycles. The molecule has 1 aliphatic heterocycles. The summed E-state index contributed by atoms with van der Waals surface area (Å²) >= 11 is 0. The quantitative estimate of drug-likeness (QED) is 0.663. The minimum atomic E-state index is 0.122. The standard InChI is InChI=1S/C15H24N4O/c1-2-6-17-15(16)11-5-7-20-14(8-11)12-9-18-19(10-12)13-3-4-13/h9-11,13-14H,2-8H2,1H3,(H2,16,17). The third-order valence-electron chi connectivity index (χ3n) is 4.13. The van der Waals surface area contributed by atoms with Crippen molar-refractivity contribution in [3.8, 4) is 0 Å². The van der Waals surface area contributed by atoms with Crippen LogP contribution >= 0.6 is 0 Å². The number of amidine groups is 1. The van der Waals surface area contributed by atoms with Gasteiger partial charge in [0.25, 0.3) is 0 Å². The van der Waals surface area contributed by atoms with E-state index in [0.717, 1.165) is 38.2 Å². The van der Waals surface area contributed by atoms with Crippen molar-refractivity contribution in [2.24, 2.45) is 16.6 Å². The van der Waals surface area contributed by atoms with Gasteiger partial charge in [-0.25, -0.2) is 0 Å². The van der Waals surface area contributed by atoms with Crippen LogP contribution in [-0.4, -0.2) is 28.8 Å². The van der Waals surface area contributed by atoms with Gasteiger partial charge in [-0.2, -0.15) is 5.10 Å². The van der Waals surface area contributed by atoms with Gasteiger partial charge in [-0.1, -0.05) is 6.92 Å². The van der Waals surface area contributed by atoms with Crippen LogP contribution in [-0.2, 0) is 4.74 Å². The summed E-state index contributed by atoms with van der Waals surface area (Å²) in [6, 6.07) is 0.624. The van der Waals surface area contributed by atoms with Gasteiger partial charge in [-0.05, 0) is 32.1 Å². The van der Waals surface area contributed by atoms with Crippen LogP contribution in [0.4, 0.5) is 0 Å². The molecule has 2 aliphatic rings. The third-order valence-corrected chi connectivity index (χ3v) is 4.13. The van der Waals surface area contributed by atoms with Crippen LogP contribution in [0.25, 0.3) is 0 Å². The van der Waals surface area contributed by atoms with E-state index in [1.165, 1.54) is 18.4 Å². The van der Waals surface area contributed by atoms with Crippen molar-refractivity contribution >= 4 is 5.84 Å². The molecule has 20 heavy (non-hydrogen) atoms. The second-order valence-corrected chi connectivity index (χ2v) is 5.87. The Morgan fingerprint density at radius 1 is 1.50 bits per heavy atom. The van der Waals surface area contributed by atoms with Crippen molar-refractivity contribution in [1.82, 2.24) is 9.78 Å². The minimum absolute atomic E-state index is 0.122. The highest BCUT2D eigenvalue weighted by Gasteiger charge is 2.29. The number of nitrogens with zero attached hydrogens (tertiary/aromatic N) is 3. The van der Waals surface area contributed by atoms with Gasteiger partial charge in [0.2, 0.25) is 0 Å². The summed E-state index contributed by atoms with van der Waals surface area (Å²) in [5.41, 5.74) is 7.30. The van der Waals surface area contributed by atoms with Crippen molar-refractivity contribution < 1.29 is 4.74 Å². The smallest absolute Gasteiger partial charge is 0.0970 e. The molecule has 110 valence electrons. The van der Waals surface area contributed by atoms with Crippen molar-refractivity contribution in [3.05, 3.63) is 18.0 Å². The lowest BCUT2D eigenvalue weighted by Gasteiger charge is -2.28. The normalized spacial score (nSPS) is 27.8. The monoisotopic (exact) mass is 276 g/mol. The van der Waals surface area contributed by atoms with Crippen LogP contribution in [0, 0.1) is 5.92 Å². The molecule has 1 saturated heterocycles. The van der Waals surface area contributed by atoms with Gasteiger partial charge in [-0.15, -0.1) is 0 Å². The summed E-state index contributed by atoms with van der Waals surface area (Å²) in [7, 11) is 0. The summed E-state index contributed by atoms with van der Waals surface area (Å²) in [5, 5.41) is 4.45. The average Bonchev–Trinajstić information content (AvgIpc) is 3.22. The molecule has 0 bridgehead atoms. The Labute approximate surface area is 120 Å². The molecule has 0 amide bonds. The maximum Gasteiger partial charge on any atom is 0.0970 e. The SMILES string of the molecule is CCCN=C(N)C1CCOC(c2cnn(C3CC3)c2)C1. The van der Waals surface area contributed by atoms with E-state index in [-0.39, 0.29) is 6.10 Å². The van der Waals surface area contributed by atoms with Crippen molar-refractivity contribution in [2.45, 2.75) is 51.2 Å². The lowest BCUT2D eigenvalue weighted by Crippen LogP contribution is -2.31. The molecule has 0 aromatic carbocycles. The van der Waals surface area contributed by atoms with E-state index >= 15 is 0 Å². The molecule has 5 heteroatoms. The van der Waals surface area contributed by atoms with Crippen molar-refractivity contribution in [2.75, 3.05) is 13.2 Å². The third kappa shape index (κ3) is 3.03. The molecule has 1 aliphatic carbocycles. The summed E-state index contributed by atoms with van der Waals surface area (Å²) in [5.74, 6) is 1.15. The lowest BCUT2D eigenvalue weighted by molar-refractivity contribution is 0.00257. The Hall–Kier alpha value is -1.36. The molecule has 0 radical (unpaired) electrons. The fourth-order valence-electron chi connectivity index (χ4n) is 2.73. The van der Waals surface area contributed by atoms with E-state index in [4.69, 9.17) is 10.5 Å². The number of hydrogen-bond acceptors (Lipinski definition) is 3. The van der Waals surface area contributed by atoms with Crippen molar-refractivity contribution in [1.29, 1.82) is 0 Å². The van der Waals surface area contributed by atoms with Gasteiger partial charge >= 0.3 is 0 Å². The number of nitrogens with two attached hydrogens (primary N) is 1. The number of rotatable bonds is 5. The Morgan fingerprint density at radius 2 is 2.35 bits per heavy atom. The van der Waals surface area contributed by atoms with E-state index in [2.05, 4.69) is 27.9 Å². The minimum Gasteiger partial charge on any atom is -0.387 e. The number of hydrogen-bond donors (Lipinski definition) is 1. The first-order valence-electron chi connectivity index (χ1n) is 7.73. The number of ether oxygens (including phenoxy) is 1. The van der Waals surface area contributed by atoms with E-state index in [9.17, 15) is 0 Å². The lowest BCUT2D eigenvalue weighted by atomic mass is 9.92. The summed E-state index contributed by atoms with van der Waals surface area (Å²) in [6.45, 7) is 3.70. The van der Waals surface area contributed by atoms with E-state index < -0.39 is 0 Å². The van der Waals surface area contributed by atoms with E-state index in [0.29, 0.717) is 12.0 Å². The summed E-state index contributed by atoms with van der Waals surface area (Å²) < 4.78 is 7.98. The molecule has 2 unspecified atom stereocenters. The molecule has 1 saturated carbocycles. The number of aliphatic imine (C=N–C) groups is 1. The van der Waals surface area contributed by atoms with Gasteiger partial charge in [0.15, 0.2) is 0 Å². The molecule has 3 rings (SSSR count). The van der Waals surface area contributed by atoms with Crippen molar-refractivity contribution in [3.63, 3.8) is 0 Å². The molecule has 2 heterocycles. The number of aromatic nitrogens is 2. The molecule has 2 fully saturated rings. The predicted octanol–water partition coefficient (Wildman–Crippen LogP) is 2.45. The molecule has 0 spiro atoms. The van der Waals surface area contributed by atoms with Gasteiger partial charge in [0.05, 0.1) is 24.2 Å². The topological polar surface area (TPSA) is 65.4 Å². The summed E-state index contributed by atoms with van der Waals surface area (Å²) in [4.78, 5) is 4.46. The van der Waals surface area contributed by atoms with Gasteiger partial charge in [0.1, 0.15) is 0 Å². The Balaban J connectivity index is 1.64. The fourth-order valence-corrected chi connectivity index (χ4v) is 2.73. The highest BCUT2D eigenvalue weighted by molar-refractivity contribution is 5.83. The summed E-state index contributed by atoms with van der Waals surface area (Å²) in [6.07, 6.45) is 9.67. The van der Waals surface area contributed by atoms with E-state index in [1.807, 2.05) is 6.20 Å². The second-order valence-electron chi connectivity index (χ2n) is 5.87. The highest BCUT2D eigenvalue weighted by atomic mass is 16.5. The predicted molar refractivity (Wildman–Crippen MR) is 78.7 cm³/mol. The zero-order chi connectivity index (χ0) is 13.9. The molecular formula is C15H24N4O. The zero-order valence-electron chi connectivity index (χ0n) is 12.2. The van der Waals surface area contributed by atoms with Gasteiger partial charge < -0.3 is 10.5 Å². The van der Waals surface area contributed by atoms with Crippen LogP contribution in [0.2, 0.25) is 0 Å². The fraction of sp³-hybridized carbons (Fsp3) is 0.733. The molecule has 5 nitrogen and oxygen atoms in total. The largest absolute Gasteiger partial charge is 0.387 e. The Kier molecular flexibility index (Phi) is 4.05. The van der Waals surface area contributed by atoms with Crippen LogP contribution in [0.15, 0.2) is 17.4 Å². The maximum atomic E-state index is 6.11. The van der Waals surface area contributed by atoms with Crippen LogP contribution in [0.1, 0.15) is 56.7 Å². The first-order valence-corrected chi connectivity index (χ1v) is 7.73. The Morgan fingerprint density at radius 3 is 3.10 bits per heavy atom. The molecule has 1 aromatic rings. The first kappa shape index (κ1) is 13.6. The Bertz CT molecular complexity index is 478. The highest BCUT2D eigenvalue weighted by Crippen LogP contribution is 2.36. The first-order chi connectivity index (χ1) is 9.78. The van der Waals surface area contributed by atoms with Crippen LogP contribution < -0.4 is 5.73 Å². The van der Waals surface area contributed by atoms with Gasteiger partial charge in [0, 0.05) is 30.8 Å². The van der Waals surface area contributed by atoms with Crippen LogP contribution in [0.5, 0.6) is 0 Å².